The Hall–Kier alpha value is -2.57. The number of hydrogen-bond acceptors (Lipinski definition) is 5. The van der Waals surface area contributed by atoms with E-state index < -0.39 is 0 Å². The summed E-state index contributed by atoms with van der Waals surface area (Å²) in [5.74, 6) is 1.74. The minimum absolute atomic E-state index is 0.0688. The van der Waals surface area contributed by atoms with Gasteiger partial charge in [0.2, 0.25) is 0 Å². The van der Waals surface area contributed by atoms with Crippen LogP contribution in [0.15, 0.2) is 42.5 Å². The summed E-state index contributed by atoms with van der Waals surface area (Å²) in [6.45, 7) is 7.78. The summed E-state index contributed by atoms with van der Waals surface area (Å²) >= 11 is 0. The van der Waals surface area contributed by atoms with Crippen LogP contribution in [0.1, 0.15) is 47.3 Å². The Morgan fingerprint density at radius 2 is 1.90 bits per heavy atom. The maximum absolute atomic E-state index is 13.1. The SMILES string of the molecule is COc1ccc(C(CNC(=O)c2cccc3c2OC(C)C3C)N2CCOCC2)cc1. The van der Waals surface area contributed by atoms with E-state index >= 15 is 0 Å². The van der Waals surface area contributed by atoms with Crippen LogP contribution in [0, 0.1) is 0 Å². The molecule has 0 bridgehead atoms. The minimum atomic E-state index is -0.0973. The molecule has 1 N–H and O–H groups in total. The van der Waals surface area contributed by atoms with Crippen LogP contribution in [0.25, 0.3) is 0 Å². The van der Waals surface area contributed by atoms with E-state index in [2.05, 4.69) is 29.3 Å². The number of rotatable bonds is 6. The molecule has 0 radical (unpaired) electrons. The fourth-order valence-corrected chi connectivity index (χ4v) is 4.22. The lowest BCUT2D eigenvalue weighted by Gasteiger charge is -2.35. The summed E-state index contributed by atoms with van der Waals surface area (Å²) in [7, 11) is 1.66. The monoisotopic (exact) mass is 410 g/mol. The van der Waals surface area contributed by atoms with E-state index in [0.717, 1.165) is 35.7 Å². The first-order chi connectivity index (χ1) is 14.6. The maximum atomic E-state index is 13.1. The standard InChI is InChI=1S/C24H30N2O4/c1-16-17(2)30-23-20(16)5-4-6-21(23)24(27)25-15-22(26-11-13-29-14-12-26)18-7-9-19(28-3)10-8-18/h4-10,16-17,22H,11-15H2,1-3H3,(H,25,27). The van der Waals surface area contributed by atoms with Crippen molar-refractivity contribution in [3.63, 3.8) is 0 Å². The van der Waals surface area contributed by atoms with Crippen LogP contribution in [0.3, 0.4) is 0 Å². The lowest BCUT2D eigenvalue weighted by atomic mass is 9.96. The van der Waals surface area contributed by atoms with Crippen LogP contribution < -0.4 is 14.8 Å². The van der Waals surface area contributed by atoms with Gasteiger partial charge in [0.05, 0.1) is 31.9 Å². The molecule has 1 amide bonds. The van der Waals surface area contributed by atoms with Gasteiger partial charge in [-0.05, 0) is 30.7 Å². The van der Waals surface area contributed by atoms with Crippen molar-refractivity contribution in [2.75, 3.05) is 40.0 Å². The quantitative estimate of drug-likeness (QED) is 0.791. The Balaban J connectivity index is 1.52. The molecule has 30 heavy (non-hydrogen) atoms. The van der Waals surface area contributed by atoms with Gasteiger partial charge in [0.1, 0.15) is 17.6 Å². The van der Waals surface area contributed by atoms with Crippen molar-refractivity contribution >= 4 is 5.91 Å². The van der Waals surface area contributed by atoms with E-state index in [4.69, 9.17) is 14.2 Å². The van der Waals surface area contributed by atoms with Gasteiger partial charge in [-0.25, -0.2) is 0 Å². The summed E-state index contributed by atoms with van der Waals surface area (Å²) in [5, 5.41) is 3.15. The number of carbonyl (C=O) groups excluding carboxylic acids is 1. The molecule has 1 fully saturated rings. The van der Waals surface area contributed by atoms with E-state index in [-0.39, 0.29) is 24.0 Å². The number of para-hydroxylation sites is 1. The van der Waals surface area contributed by atoms with Gasteiger partial charge in [0.25, 0.3) is 5.91 Å². The van der Waals surface area contributed by atoms with Gasteiger partial charge in [-0.15, -0.1) is 0 Å². The average molecular weight is 411 g/mol. The van der Waals surface area contributed by atoms with E-state index in [0.29, 0.717) is 25.3 Å². The Labute approximate surface area is 178 Å². The lowest BCUT2D eigenvalue weighted by molar-refractivity contribution is 0.0162. The highest BCUT2D eigenvalue weighted by Crippen LogP contribution is 2.40. The second-order valence-electron chi connectivity index (χ2n) is 7.98. The van der Waals surface area contributed by atoms with E-state index in [1.54, 1.807) is 7.11 Å². The molecule has 6 nitrogen and oxygen atoms in total. The number of methoxy groups -OCH3 is 1. The zero-order valence-electron chi connectivity index (χ0n) is 17.9. The smallest absolute Gasteiger partial charge is 0.255 e. The molecule has 160 valence electrons. The molecule has 0 aliphatic carbocycles. The zero-order valence-corrected chi connectivity index (χ0v) is 17.9. The maximum Gasteiger partial charge on any atom is 0.255 e. The van der Waals surface area contributed by atoms with E-state index in [1.165, 1.54) is 0 Å². The Bertz CT molecular complexity index is 877. The lowest BCUT2D eigenvalue weighted by Crippen LogP contribution is -2.43. The van der Waals surface area contributed by atoms with E-state index in [1.807, 2.05) is 37.3 Å². The third-order valence-electron chi connectivity index (χ3n) is 6.23. The number of ether oxygens (including phenoxy) is 3. The highest BCUT2D eigenvalue weighted by molar-refractivity contribution is 5.97. The van der Waals surface area contributed by atoms with Crippen molar-refractivity contribution in [2.24, 2.45) is 0 Å². The van der Waals surface area contributed by atoms with Crippen LogP contribution in [-0.2, 0) is 4.74 Å². The molecular weight excluding hydrogens is 380 g/mol. The predicted octanol–water partition coefficient (Wildman–Crippen LogP) is 3.38. The number of nitrogens with one attached hydrogen (secondary N) is 1. The molecule has 1 saturated heterocycles. The van der Waals surface area contributed by atoms with Crippen molar-refractivity contribution in [3.8, 4) is 11.5 Å². The van der Waals surface area contributed by atoms with Gasteiger partial charge in [-0.1, -0.05) is 31.2 Å². The summed E-state index contributed by atoms with van der Waals surface area (Å²) < 4.78 is 16.8. The molecule has 2 aromatic rings. The van der Waals surface area contributed by atoms with Crippen LogP contribution in [0.4, 0.5) is 0 Å². The number of amides is 1. The average Bonchev–Trinajstić information content (AvgIpc) is 3.08. The van der Waals surface area contributed by atoms with Crippen LogP contribution in [0.5, 0.6) is 11.5 Å². The minimum Gasteiger partial charge on any atom is -0.497 e. The van der Waals surface area contributed by atoms with Crippen molar-refractivity contribution < 1.29 is 19.0 Å². The first kappa shape index (κ1) is 20.7. The zero-order chi connectivity index (χ0) is 21.1. The van der Waals surface area contributed by atoms with Gasteiger partial charge in [-0.2, -0.15) is 0 Å². The fraction of sp³-hybridized carbons (Fsp3) is 0.458. The van der Waals surface area contributed by atoms with Crippen molar-refractivity contribution in [2.45, 2.75) is 31.9 Å². The topological polar surface area (TPSA) is 60.0 Å². The summed E-state index contributed by atoms with van der Waals surface area (Å²) in [6, 6.07) is 14.0. The number of morpholine rings is 1. The van der Waals surface area contributed by atoms with Crippen LogP contribution in [0.2, 0.25) is 0 Å². The summed E-state index contributed by atoms with van der Waals surface area (Å²) in [5.41, 5.74) is 2.86. The molecule has 0 saturated carbocycles. The van der Waals surface area contributed by atoms with Crippen molar-refractivity contribution in [3.05, 3.63) is 59.2 Å². The molecule has 0 spiro atoms. The molecule has 3 atom stereocenters. The largest absolute Gasteiger partial charge is 0.497 e. The second-order valence-corrected chi connectivity index (χ2v) is 7.98. The summed E-state index contributed by atoms with van der Waals surface area (Å²) in [6.07, 6.45) is 0.0781. The molecular formula is C24H30N2O4. The Kier molecular flexibility index (Phi) is 6.25. The number of benzene rings is 2. The highest BCUT2D eigenvalue weighted by atomic mass is 16.5. The number of carbonyl (C=O) groups is 1. The first-order valence-electron chi connectivity index (χ1n) is 10.6. The first-order valence-corrected chi connectivity index (χ1v) is 10.6. The van der Waals surface area contributed by atoms with Gasteiger partial charge in [0.15, 0.2) is 0 Å². The van der Waals surface area contributed by atoms with Crippen LogP contribution >= 0.6 is 0 Å². The molecule has 2 aliphatic rings. The third-order valence-corrected chi connectivity index (χ3v) is 6.23. The number of hydrogen-bond donors (Lipinski definition) is 1. The second kappa shape index (κ2) is 9.06. The van der Waals surface area contributed by atoms with E-state index in [9.17, 15) is 4.79 Å². The predicted molar refractivity (Wildman–Crippen MR) is 115 cm³/mol. The Morgan fingerprint density at radius 1 is 1.17 bits per heavy atom. The molecule has 4 rings (SSSR count). The van der Waals surface area contributed by atoms with Crippen molar-refractivity contribution in [1.29, 1.82) is 0 Å². The molecule has 2 aliphatic heterocycles. The molecule has 6 heteroatoms. The fourth-order valence-electron chi connectivity index (χ4n) is 4.22. The van der Waals surface area contributed by atoms with Gasteiger partial charge < -0.3 is 19.5 Å². The normalized spacial score (nSPS) is 22.1. The number of nitrogens with zero attached hydrogens (tertiary/aromatic N) is 1. The highest BCUT2D eigenvalue weighted by Gasteiger charge is 2.31. The molecule has 0 aromatic heterocycles. The van der Waals surface area contributed by atoms with Gasteiger partial charge >= 0.3 is 0 Å². The third kappa shape index (κ3) is 4.16. The van der Waals surface area contributed by atoms with Gasteiger partial charge in [-0.3, -0.25) is 9.69 Å². The summed E-state index contributed by atoms with van der Waals surface area (Å²) in [4.78, 5) is 15.4. The Morgan fingerprint density at radius 3 is 2.60 bits per heavy atom. The molecule has 2 heterocycles. The molecule has 2 aromatic carbocycles. The number of fused-ring (bicyclic) bond motifs is 1. The molecule has 3 unspecified atom stereocenters. The van der Waals surface area contributed by atoms with Crippen LogP contribution in [-0.4, -0.2) is 56.9 Å². The van der Waals surface area contributed by atoms with Gasteiger partial charge in [0, 0.05) is 31.1 Å². The van der Waals surface area contributed by atoms with Crippen molar-refractivity contribution in [1.82, 2.24) is 10.2 Å².